The molecule has 0 saturated heterocycles. The third kappa shape index (κ3) is 6.33. The van der Waals surface area contributed by atoms with Crippen molar-refractivity contribution in [1.82, 2.24) is 0 Å². The monoisotopic (exact) mass is 450 g/mol. The molecule has 2 atom stereocenters. The van der Waals surface area contributed by atoms with Gasteiger partial charge in [0.15, 0.2) is 0 Å². The van der Waals surface area contributed by atoms with Gasteiger partial charge in [0.1, 0.15) is 35.4 Å². The van der Waals surface area contributed by atoms with Gasteiger partial charge < -0.3 is 19.7 Å². The lowest BCUT2D eigenvalue weighted by atomic mass is 9.78. The number of aliphatic hydroxyl groups is 2. The van der Waals surface area contributed by atoms with Crippen LogP contribution in [0, 0.1) is 0 Å². The summed E-state index contributed by atoms with van der Waals surface area (Å²) in [6.45, 7) is 9.93. The van der Waals surface area contributed by atoms with Gasteiger partial charge in [-0.05, 0) is 56.2 Å². The van der Waals surface area contributed by atoms with Crippen molar-refractivity contribution in [3.05, 3.63) is 59.7 Å². The van der Waals surface area contributed by atoms with Crippen LogP contribution in [-0.4, -0.2) is 45.6 Å². The van der Waals surface area contributed by atoms with Gasteiger partial charge in [-0.1, -0.05) is 38.1 Å². The lowest BCUT2D eigenvalue weighted by Crippen LogP contribution is -2.43. The molecule has 6 heteroatoms. The Morgan fingerprint density at radius 3 is 1.73 bits per heavy atom. The average molecular weight is 451 g/mol. The zero-order valence-electron chi connectivity index (χ0n) is 18.4. The standard InChI is InChI=1S/C24H34O4S2/c1-22(2,17-6-10-19(11-7-17)27-15-24(5,26)16-30)18-8-12-20(13-9-18)28-23(3,4)21(25)14-29/h6-13,21,25-26,29-30H,14-16H2,1-5H3. The van der Waals surface area contributed by atoms with Crippen molar-refractivity contribution >= 4 is 25.3 Å². The minimum Gasteiger partial charge on any atom is -0.491 e. The molecule has 166 valence electrons. The predicted molar refractivity (Wildman–Crippen MR) is 130 cm³/mol. The minimum absolute atomic E-state index is 0.193. The molecule has 2 unspecified atom stereocenters. The third-order valence-electron chi connectivity index (χ3n) is 5.40. The van der Waals surface area contributed by atoms with Gasteiger partial charge in [-0.15, -0.1) is 0 Å². The first-order chi connectivity index (χ1) is 13.9. The molecular formula is C24H34O4S2. The van der Waals surface area contributed by atoms with Crippen LogP contribution in [0.25, 0.3) is 0 Å². The highest BCUT2D eigenvalue weighted by Crippen LogP contribution is 2.34. The maximum atomic E-state index is 10.1. The van der Waals surface area contributed by atoms with Crippen LogP contribution in [0.2, 0.25) is 0 Å². The topological polar surface area (TPSA) is 58.9 Å². The van der Waals surface area contributed by atoms with E-state index in [1.165, 1.54) is 0 Å². The van der Waals surface area contributed by atoms with Crippen LogP contribution >= 0.6 is 25.3 Å². The first-order valence-corrected chi connectivity index (χ1v) is 11.3. The number of ether oxygens (including phenoxy) is 2. The van der Waals surface area contributed by atoms with Gasteiger partial charge in [0.05, 0.1) is 0 Å². The van der Waals surface area contributed by atoms with E-state index in [-0.39, 0.29) is 12.0 Å². The van der Waals surface area contributed by atoms with E-state index >= 15 is 0 Å². The smallest absolute Gasteiger partial charge is 0.130 e. The van der Waals surface area contributed by atoms with Crippen LogP contribution in [0.3, 0.4) is 0 Å². The summed E-state index contributed by atoms with van der Waals surface area (Å²) in [4.78, 5) is 0. The first kappa shape index (κ1) is 24.9. The lowest BCUT2D eigenvalue weighted by molar-refractivity contribution is -0.0147. The molecule has 0 spiro atoms. The molecule has 0 aliphatic heterocycles. The maximum Gasteiger partial charge on any atom is 0.130 e. The highest BCUT2D eigenvalue weighted by Gasteiger charge is 2.29. The molecule has 0 aliphatic carbocycles. The Morgan fingerprint density at radius 2 is 1.30 bits per heavy atom. The zero-order valence-corrected chi connectivity index (χ0v) is 20.2. The molecule has 2 N–H and O–H groups in total. The van der Waals surface area contributed by atoms with Crippen molar-refractivity contribution in [3.63, 3.8) is 0 Å². The summed E-state index contributed by atoms with van der Waals surface area (Å²) in [5.41, 5.74) is 0.409. The maximum absolute atomic E-state index is 10.1. The van der Waals surface area contributed by atoms with Gasteiger partial charge in [-0.2, -0.15) is 25.3 Å². The molecular weight excluding hydrogens is 416 g/mol. The molecule has 2 aromatic carbocycles. The third-order valence-corrected chi connectivity index (χ3v) is 6.43. The molecule has 30 heavy (non-hydrogen) atoms. The van der Waals surface area contributed by atoms with Crippen LogP contribution < -0.4 is 9.47 Å². The van der Waals surface area contributed by atoms with Gasteiger partial charge in [0.2, 0.25) is 0 Å². The molecule has 4 nitrogen and oxygen atoms in total. The minimum atomic E-state index is -0.956. The number of thiol groups is 2. The summed E-state index contributed by atoms with van der Waals surface area (Å²) in [5.74, 6) is 2.10. The van der Waals surface area contributed by atoms with E-state index < -0.39 is 17.3 Å². The first-order valence-electron chi connectivity index (χ1n) is 10.1. The number of rotatable bonds is 10. The molecule has 0 heterocycles. The lowest BCUT2D eigenvalue weighted by Gasteiger charge is -2.31. The Bertz CT molecular complexity index is 799. The number of benzene rings is 2. The zero-order chi connectivity index (χ0) is 22.6. The van der Waals surface area contributed by atoms with Crippen LogP contribution in [0.4, 0.5) is 0 Å². The van der Waals surface area contributed by atoms with Crippen LogP contribution in [0.1, 0.15) is 45.7 Å². The second kappa shape index (κ2) is 9.86. The normalized spacial score (nSPS) is 15.4. The van der Waals surface area contributed by atoms with Crippen LogP contribution in [0.5, 0.6) is 11.5 Å². The van der Waals surface area contributed by atoms with E-state index in [0.29, 0.717) is 23.0 Å². The summed E-state index contributed by atoms with van der Waals surface area (Å²) < 4.78 is 11.7. The quantitative estimate of drug-likeness (QED) is 0.402. The molecule has 0 aromatic heterocycles. The summed E-state index contributed by atoms with van der Waals surface area (Å²) in [6.07, 6.45) is -0.658. The Kier molecular flexibility index (Phi) is 8.19. The second-order valence-electron chi connectivity index (χ2n) is 9.02. The molecule has 0 saturated carbocycles. The van der Waals surface area contributed by atoms with Crippen LogP contribution in [-0.2, 0) is 5.41 Å². The fourth-order valence-electron chi connectivity index (χ4n) is 2.95. The van der Waals surface area contributed by atoms with Crippen molar-refractivity contribution in [1.29, 1.82) is 0 Å². The van der Waals surface area contributed by atoms with Gasteiger partial charge in [-0.3, -0.25) is 0 Å². The van der Waals surface area contributed by atoms with Crippen molar-refractivity contribution in [2.45, 2.75) is 57.3 Å². The van der Waals surface area contributed by atoms with E-state index in [4.69, 9.17) is 9.47 Å². The number of aliphatic hydroxyl groups excluding tert-OH is 1. The largest absolute Gasteiger partial charge is 0.491 e. The van der Waals surface area contributed by atoms with E-state index in [1.54, 1.807) is 6.92 Å². The highest BCUT2D eigenvalue weighted by atomic mass is 32.1. The Balaban J connectivity index is 2.11. The van der Waals surface area contributed by atoms with E-state index in [9.17, 15) is 10.2 Å². The fraction of sp³-hybridized carbons (Fsp3) is 0.500. The van der Waals surface area contributed by atoms with Gasteiger partial charge >= 0.3 is 0 Å². The van der Waals surface area contributed by atoms with Crippen molar-refractivity contribution in [2.75, 3.05) is 18.1 Å². The molecule has 2 rings (SSSR count). The fourth-order valence-corrected chi connectivity index (χ4v) is 3.48. The summed E-state index contributed by atoms with van der Waals surface area (Å²) in [5, 5.41) is 20.1. The number of hydrogen-bond donors (Lipinski definition) is 4. The van der Waals surface area contributed by atoms with E-state index in [1.807, 2.05) is 62.4 Å². The van der Waals surface area contributed by atoms with E-state index in [2.05, 4.69) is 39.1 Å². The summed E-state index contributed by atoms with van der Waals surface area (Å²) in [6, 6.07) is 15.9. The molecule has 0 fully saturated rings. The number of hydrogen-bond acceptors (Lipinski definition) is 6. The summed E-state index contributed by atoms with van der Waals surface area (Å²) in [7, 11) is 0. The predicted octanol–water partition coefficient (Wildman–Crippen LogP) is 4.52. The molecule has 0 amide bonds. The van der Waals surface area contributed by atoms with Crippen molar-refractivity contribution < 1.29 is 19.7 Å². The average Bonchev–Trinajstić information content (AvgIpc) is 2.72. The van der Waals surface area contributed by atoms with Crippen LogP contribution in [0.15, 0.2) is 48.5 Å². The van der Waals surface area contributed by atoms with E-state index in [0.717, 1.165) is 11.1 Å². The van der Waals surface area contributed by atoms with Gasteiger partial charge in [0.25, 0.3) is 0 Å². The Hall–Kier alpha value is -1.34. The SMILES string of the molecule is CC(O)(CS)COc1ccc(C(C)(C)c2ccc(OC(C)(C)C(O)CS)cc2)cc1. The summed E-state index contributed by atoms with van der Waals surface area (Å²) >= 11 is 8.29. The Morgan fingerprint density at radius 1 is 0.833 bits per heavy atom. The second-order valence-corrected chi connectivity index (χ2v) is 9.70. The van der Waals surface area contributed by atoms with Gasteiger partial charge in [0, 0.05) is 16.9 Å². The Labute approximate surface area is 191 Å². The van der Waals surface area contributed by atoms with Gasteiger partial charge in [-0.25, -0.2) is 0 Å². The molecule has 0 aliphatic rings. The van der Waals surface area contributed by atoms with Crippen molar-refractivity contribution in [2.24, 2.45) is 0 Å². The highest BCUT2D eigenvalue weighted by molar-refractivity contribution is 7.80. The molecule has 0 radical (unpaired) electrons. The van der Waals surface area contributed by atoms with Crippen molar-refractivity contribution in [3.8, 4) is 11.5 Å². The molecule has 2 aromatic rings. The molecule has 0 bridgehead atoms.